The van der Waals surface area contributed by atoms with E-state index in [1.165, 1.54) is 24.3 Å². The highest BCUT2D eigenvalue weighted by Crippen LogP contribution is 2.31. The number of hydrogen-bond acceptors (Lipinski definition) is 10. The molecule has 4 aromatic carbocycles. The predicted octanol–water partition coefficient (Wildman–Crippen LogP) is 4.05. The Hall–Kier alpha value is -5.68. The number of ether oxygens (including phenoxy) is 3. The third kappa shape index (κ3) is 6.63. The number of methoxy groups -OCH3 is 2. The third-order valence-corrected chi connectivity index (χ3v) is 6.52. The average molecular weight is 585 g/mol. The number of hydrogen-bond donors (Lipinski definition) is 3. The Morgan fingerprint density at radius 3 is 1.65 bits per heavy atom. The highest BCUT2D eigenvalue weighted by molar-refractivity contribution is 6.22. The smallest absolute Gasteiger partial charge is 0.350 e. The van der Waals surface area contributed by atoms with E-state index in [9.17, 15) is 24.3 Å². The van der Waals surface area contributed by atoms with Gasteiger partial charge in [-0.1, -0.05) is 36.4 Å². The summed E-state index contributed by atoms with van der Waals surface area (Å²) in [5, 5.41) is 18.9. The summed E-state index contributed by atoms with van der Waals surface area (Å²) in [5.74, 6) is -1.15. The second-order valence-corrected chi connectivity index (χ2v) is 9.17. The summed E-state index contributed by atoms with van der Waals surface area (Å²) in [6.07, 6.45) is 0. The Morgan fingerprint density at radius 1 is 0.651 bits per heavy atom. The second kappa shape index (κ2) is 13.3. The summed E-state index contributed by atoms with van der Waals surface area (Å²) in [6, 6.07) is 23.6. The molecule has 2 aliphatic heterocycles. The van der Waals surface area contributed by atoms with Crippen LogP contribution in [0.4, 0.5) is 0 Å². The van der Waals surface area contributed by atoms with E-state index in [2.05, 4.69) is 4.74 Å². The van der Waals surface area contributed by atoms with Gasteiger partial charge in [-0.05, 0) is 59.7 Å². The lowest BCUT2D eigenvalue weighted by Gasteiger charge is -2.14. The average Bonchev–Trinajstić information content (AvgIpc) is 3.46. The van der Waals surface area contributed by atoms with Crippen LogP contribution in [0.5, 0.6) is 23.0 Å². The van der Waals surface area contributed by atoms with E-state index in [1.54, 1.807) is 50.6 Å². The maximum atomic E-state index is 12.3. The summed E-state index contributed by atoms with van der Waals surface area (Å²) < 4.78 is 14.3. The molecule has 0 spiro atoms. The first-order valence-electron chi connectivity index (χ1n) is 12.9. The van der Waals surface area contributed by atoms with Crippen LogP contribution in [0.3, 0.4) is 0 Å². The van der Waals surface area contributed by atoms with Crippen molar-refractivity contribution in [2.75, 3.05) is 14.2 Å². The summed E-state index contributed by atoms with van der Waals surface area (Å²) in [4.78, 5) is 47.4. The molecule has 0 fully saturated rings. The molecule has 0 atom stereocenters. The van der Waals surface area contributed by atoms with Crippen LogP contribution >= 0.6 is 0 Å². The third-order valence-electron chi connectivity index (χ3n) is 6.52. The Bertz CT molecular complexity index is 1640. The minimum absolute atomic E-state index is 0.0394. The first kappa shape index (κ1) is 30.3. The highest BCUT2D eigenvalue weighted by atomic mass is 16.6. The quantitative estimate of drug-likeness (QED) is 0.177. The van der Waals surface area contributed by atoms with Crippen molar-refractivity contribution in [2.24, 2.45) is 5.73 Å². The first-order valence-corrected chi connectivity index (χ1v) is 12.9. The summed E-state index contributed by atoms with van der Waals surface area (Å²) in [7, 11) is 3.22. The Kier molecular flexibility index (Phi) is 9.38. The van der Waals surface area contributed by atoms with E-state index >= 15 is 0 Å². The van der Waals surface area contributed by atoms with Gasteiger partial charge in [0.25, 0.3) is 11.8 Å². The fraction of sp³-hybridized carbons (Fsp3) is 0.125. The molecular formula is C32H28N2O9. The van der Waals surface area contributed by atoms with E-state index in [4.69, 9.17) is 20.3 Å². The number of cyclic esters (lactones) is 2. The number of fused-ring (bicyclic) bond motifs is 2. The van der Waals surface area contributed by atoms with Crippen molar-refractivity contribution in [2.45, 2.75) is 13.1 Å². The second-order valence-electron chi connectivity index (χ2n) is 9.17. The van der Waals surface area contributed by atoms with Crippen molar-refractivity contribution in [3.63, 3.8) is 0 Å². The fourth-order valence-corrected chi connectivity index (χ4v) is 4.25. The summed E-state index contributed by atoms with van der Waals surface area (Å²) in [6.45, 7) is 0.750. The van der Waals surface area contributed by atoms with Gasteiger partial charge < -0.3 is 30.2 Å². The Labute approximate surface area is 246 Å². The van der Waals surface area contributed by atoms with E-state index in [0.29, 0.717) is 12.3 Å². The molecule has 2 heterocycles. The molecule has 0 aliphatic carbocycles. The van der Waals surface area contributed by atoms with Gasteiger partial charge in [0, 0.05) is 6.54 Å². The normalized spacial score (nSPS) is 12.8. The maximum Gasteiger partial charge on any atom is 0.350 e. The summed E-state index contributed by atoms with van der Waals surface area (Å²) >= 11 is 0. The van der Waals surface area contributed by atoms with Gasteiger partial charge in [-0.3, -0.25) is 14.5 Å². The van der Waals surface area contributed by atoms with E-state index in [1.807, 2.05) is 24.3 Å². The molecule has 6 rings (SSSR count). The van der Waals surface area contributed by atoms with E-state index < -0.39 is 17.8 Å². The molecule has 0 saturated heterocycles. The first-order chi connectivity index (χ1) is 20.7. The fourth-order valence-electron chi connectivity index (χ4n) is 4.25. The Morgan fingerprint density at radius 2 is 1.16 bits per heavy atom. The topological polar surface area (TPSA) is 166 Å². The number of phenols is 2. The molecule has 0 aromatic heterocycles. The predicted molar refractivity (Wildman–Crippen MR) is 154 cm³/mol. The van der Waals surface area contributed by atoms with Gasteiger partial charge in [-0.15, -0.1) is 0 Å². The van der Waals surface area contributed by atoms with Crippen LogP contribution in [0.25, 0.3) is 0 Å². The van der Waals surface area contributed by atoms with Crippen molar-refractivity contribution in [3.8, 4) is 23.0 Å². The number of aromatic hydroxyl groups is 2. The Balaban J connectivity index is 0.000000163. The lowest BCUT2D eigenvalue weighted by Crippen LogP contribution is -2.29. The summed E-state index contributed by atoms with van der Waals surface area (Å²) in [5.41, 5.74) is 7.75. The zero-order chi connectivity index (χ0) is 31.1. The van der Waals surface area contributed by atoms with Crippen LogP contribution in [0.15, 0.2) is 84.9 Å². The van der Waals surface area contributed by atoms with Crippen molar-refractivity contribution >= 4 is 23.8 Å². The number of carbonyl (C=O) groups is 4. The molecule has 4 N–H and O–H groups in total. The monoisotopic (exact) mass is 584 g/mol. The minimum Gasteiger partial charge on any atom is -0.507 e. The van der Waals surface area contributed by atoms with Crippen LogP contribution in [-0.4, -0.2) is 53.1 Å². The number of imide groups is 1. The van der Waals surface area contributed by atoms with Crippen LogP contribution in [0.2, 0.25) is 0 Å². The molecule has 0 radical (unpaired) electrons. The zero-order valence-corrected chi connectivity index (χ0v) is 23.3. The van der Waals surface area contributed by atoms with E-state index in [-0.39, 0.29) is 46.2 Å². The van der Waals surface area contributed by atoms with Gasteiger partial charge in [0.2, 0.25) is 0 Å². The van der Waals surface area contributed by atoms with Crippen molar-refractivity contribution in [1.29, 1.82) is 0 Å². The molecule has 11 nitrogen and oxygen atoms in total. The van der Waals surface area contributed by atoms with Gasteiger partial charge in [0.05, 0.1) is 37.5 Å². The molecule has 11 heteroatoms. The molecule has 0 saturated carbocycles. The number of benzene rings is 4. The molecule has 4 aromatic rings. The number of nitrogens with two attached hydrogens (primary N) is 1. The standard InChI is InChI=1S/C16H13NO4.C8H11NO.C8H4O4/c1-21-11-7-5-10(6-8-11)9-17-15(19)12-3-2-4-13(18)14(12)16(17)20;1-10-8-4-2-7(6-9)3-5-8;9-5-3-1-2-4-6(5)8(11)12-7(4)10/h2-8,18H,9H2,1H3;2-5H,6,9H2,1H3;1-3,9H. The van der Waals surface area contributed by atoms with Gasteiger partial charge in [0.1, 0.15) is 28.6 Å². The van der Waals surface area contributed by atoms with Crippen molar-refractivity contribution in [3.05, 3.63) is 118 Å². The minimum atomic E-state index is -0.784. The number of nitrogens with zero attached hydrogens (tertiary/aromatic N) is 1. The van der Waals surface area contributed by atoms with Crippen LogP contribution in [-0.2, 0) is 17.8 Å². The molecule has 0 unspecified atom stereocenters. The largest absolute Gasteiger partial charge is 0.507 e. The number of esters is 2. The number of carbonyl (C=O) groups excluding carboxylic acids is 4. The molecule has 2 aliphatic rings. The molecule has 2 amide bonds. The molecule has 43 heavy (non-hydrogen) atoms. The van der Waals surface area contributed by atoms with Crippen molar-refractivity contribution in [1.82, 2.24) is 4.90 Å². The van der Waals surface area contributed by atoms with Gasteiger partial charge in [0.15, 0.2) is 0 Å². The molecule has 220 valence electrons. The SMILES string of the molecule is COc1ccc(CN)cc1.COc1ccc(CN2C(=O)c3cccc(O)c3C2=O)cc1.O=C1OC(=O)c2c(O)cccc21. The van der Waals surface area contributed by atoms with Crippen LogP contribution in [0.1, 0.15) is 52.6 Å². The van der Waals surface area contributed by atoms with Crippen molar-refractivity contribution < 1.29 is 43.6 Å². The lowest BCUT2D eigenvalue weighted by molar-refractivity contribution is 0.0441. The van der Waals surface area contributed by atoms with Gasteiger partial charge in [-0.25, -0.2) is 9.59 Å². The van der Waals surface area contributed by atoms with Gasteiger partial charge in [-0.2, -0.15) is 0 Å². The molecular weight excluding hydrogens is 556 g/mol. The van der Waals surface area contributed by atoms with Crippen LogP contribution in [0, 0.1) is 0 Å². The lowest BCUT2D eigenvalue weighted by atomic mass is 10.1. The number of amides is 2. The van der Waals surface area contributed by atoms with E-state index in [0.717, 1.165) is 21.8 Å². The van der Waals surface area contributed by atoms with Crippen LogP contribution < -0.4 is 15.2 Å². The zero-order valence-electron chi connectivity index (χ0n) is 23.3. The maximum absolute atomic E-state index is 12.3. The number of phenolic OH excluding ortho intramolecular Hbond substituents is 2. The highest BCUT2D eigenvalue weighted by Gasteiger charge is 2.37. The van der Waals surface area contributed by atoms with Gasteiger partial charge >= 0.3 is 11.9 Å². The molecule has 0 bridgehead atoms. The number of rotatable bonds is 5.